The van der Waals surface area contributed by atoms with Crippen molar-refractivity contribution in [3.63, 3.8) is 0 Å². The molecule has 3 rings (SSSR count). The van der Waals surface area contributed by atoms with E-state index < -0.39 is 0 Å². The van der Waals surface area contributed by atoms with Gasteiger partial charge in [-0.2, -0.15) is 5.26 Å². The first-order valence-corrected chi connectivity index (χ1v) is 9.57. The van der Waals surface area contributed by atoms with Crippen LogP contribution in [0.25, 0.3) is 0 Å². The van der Waals surface area contributed by atoms with Gasteiger partial charge in [-0.15, -0.1) is 0 Å². The average molecular weight is 379 g/mol. The van der Waals surface area contributed by atoms with Crippen molar-refractivity contribution in [2.24, 2.45) is 0 Å². The van der Waals surface area contributed by atoms with Gasteiger partial charge in [0.15, 0.2) is 5.16 Å². The number of benzene rings is 1. The molecule has 0 aliphatic rings. The Balaban J connectivity index is 1.60. The number of nitriles is 1. The van der Waals surface area contributed by atoms with E-state index in [1.807, 2.05) is 39.0 Å². The Morgan fingerprint density at radius 1 is 1.19 bits per heavy atom. The van der Waals surface area contributed by atoms with Gasteiger partial charge in [0, 0.05) is 17.8 Å². The predicted octanol–water partition coefficient (Wildman–Crippen LogP) is 3.86. The van der Waals surface area contributed by atoms with Crippen molar-refractivity contribution >= 4 is 23.5 Å². The lowest BCUT2D eigenvalue weighted by Crippen LogP contribution is -2.15. The van der Waals surface area contributed by atoms with E-state index in [1.165, 1.54) is 17.3 Å². The molecule has 0 radical (unpaired) electrons. The molecule has 0 spiro atoms. The minimum Gasteiger partial charge on any atom is -0.344 e. The molecule has 0 aliphatic carbocycles. The SMILES string of the molecule is Cc1[nH]c(SCC(=O)Nc2[nH]c(C)c(C)c2C#N)nc1Cc1ccccc1. The molecular weight excluding hydrogens is 358 g/mol. The van der Waals surface area contributed by atoms with Crippen LogP contribution in [0.1, 0.15) is 33.8 Å². The van der Waals surface area contributed by atoms with Crippen LogP contribution in [-0.4, -0.2) is 26.6 Å². The highest BCUT2D eigenvalue weighted by Gasteiger charge is 2.15. The smallest absolute Gasteiger partial charge is 0.235 e. The van der Waals surface area contributed by atoms with Gasteiger partial charge in [-0.3, -0.25) is 4.79 Å². The lowest BCUT2D eigenvalue weighted by molar-refractivity contribution is -0.113. The molecule has 3 N–H and O–H groups in total. The van der Waals surface area contributed by atoms with Crippen molar-refractivity contribution in [3.05, 3.63) is 64.1 Å². The maximum atomic E-state index is 12.3. The minimum absolute atomic E-state index is 0.184. The van der Waals surface area contributed by atoms with Gasteiger partial charge in [0.05, 0.1) is 17.0 Å². The van der Waals surface area contributed by atoms with Crippen molar-refractivity contribution < 1.29 is 4.79 Å². The second kappa shape index (κ2) is 8.14. The fraction of sp³-hybridized carbons (Fsp3) is 0.250. The first-order chi connectivity index (χ1) is 13.0. The zero-order chi connectivity index (χ0) is 19.4. The maximum Gasteiger partial charge on any atom is 0.235 e. The number of amides is 1. The fourth-order valence-electron chi connectivity index (χ4n) is 2.76. The molecule has 2 aromatic heterocycles. The molecule has 0 fully saturated rings. The van der Waals surface area contributed by atoms with Crippen LogP contribution >= 0.6 is 11.8 Å². The summed E-state index contributed by atoms with van der Waals surface area (Å²) in [5.74, 6) is 0.481. The van der Waals surface area contributed by atoms with Crippen LogP contribution < -0.4 is 5.32 Å². The van der Waals surface area contributed by atoms with Crippen molar-refractivity contribution in [1.82, 2.24) is 15.0 Å². The summed E-state index contributed by atoms with van der Waals surface area (Å²) >= 11 is 1.34. The highest BCUT2D eigenvalue weighted by atomic mass is 32.2. The Hall–Kier alpha value is -2.98. The first-order valence-electron chi connectivity index (χ1n) is 8.59. The van der Waals surface area contributed by atoms with E-state index in [9.17, 15) is 10.1 Å². The van der Waals surface area contributed by atoms with Crippen LogP contribution in [0.15, 0.2) is 35.5 Å². The van der Waals surface area contributed by atoms with Crippen LogP contribution in [0.4, 0.5) is 5.82 Å². The van der Waals surface area contributed by atoms with Gasteiger partial charge in [-0.05, 0) is 31.9 Å². The molecule has 6 nitrogen and oxygen atoms in total. The Morgan fingerprint density at radius 3 is 2.63 bits per heavy atom. The Kier molecular flexibility index (Phi) is 5.67. The quantitative estimate of drug-likeness (QED) is 0.567. The van der Waals surface area contributed by atoms with E-state index in [-0.39, 0.29) is 11.7 Å². The number of nitrogens with zero attached hydrogens (tertiary/aromatic N) is 2. The molecule has 138 valence electrons. The molecule has 0 atom stereocenters. The normalized spacial score (nSPS) is 10.6. The highest BCUT2D eigenvalue weighted by Crippen LogP contribution is 2.22. The number of thioether (sulfide) groups is 1. The van der Waals surface area contributed by atoms with Crippen LogP contribution in [0.5, 0.6) is 0 Å². The van der Waals surface area contributed by atoms with E-state index in [1.54, 1.807) is 0 Å². The topological polar surface area (TPSA) is 97.4 Å². The molecule has 0 aliphatic heterocycles. The number of hydrogen-bond acceptors (Lipinski definition) is 4. The number of carbonyl (C=O) groups excluding carboxylic acids is 1. The monoisotopic (exact) mass is 379 g/mol. The summed E-state index contributed by atoms with van der Waals surface area (Å²) in [5.41, 5.74) is 5.39. The lowest BCUT2D eigenvalue weighted by Gasteiger charge is -2.02. The average Bonchev–Trinajstić information content (AvgIpc) is 3.13. The van der Waals surface area contributed by atoms with E-state index in [0.29, 0.717) is 16.5 Å². The summed E-state index contributed by atoms with van der Waals surface area (Å²) < 4.78 is 0. The third-order valence-electron chi connectivity index (χ3n) is 4.39. The molecule has 0 unspecified atom stereocenters. The summed E-state index contributed by atoms with van der Waals surface area (Å²) in [7, 11) is 0. The van der Waals surface area contributed by atoms with Gasteiger partial charge in [0.2, 0.25) is 5.91 Å². The number of imidazole rings is 1. The fourth-order valence-corrected chi connectivity index (χ4v) is 3.50. The molecule has 0 saturated heterocycles. The largest absolute Gasteiger partial charge is 0.344 e. The second-order valence-corrected chi connectivity index (χ2v) is 7.31. The number of rotatable bonds is 6. The van der Waals surface area contributed by atoms with Gasteiger partial charge in [0.1, 0.15) is 11.9 Å². The van der Waals surface area contributed by atoms with Gasteiger partial charge in [-0.1, -0.05) is 42.1 Å². The molecule has 1 amide bonds. The number of nitrogens with one attached hydrogen (secondary N) is 3. The molecular formula is C20H21N5OS. The highest BCUT2D eigenvalue weighted by molar-refractivity contribution is 7.99. The molecule has 2 heterocycles. The zero-order valence-electron chi connectivity index (χ0n) is 15.5. The summed E-state index contributed by atoms with van der Waals surface area (Å²) in [4.78, 5) is 23.1. The van der Waals surface area contributed by atoms with E-state index >= 15 is 0 Å². The van der Waals surface area contributed by atoms with E-state index in [4.69, 9.17) is 0 Å². The summed E-state index contributed by atoms with van der Waals surface area (Å²) in [6.07, 6.45) is 0.752. The third-order valence-corrected chi connectivity index (χ3v) is 5.27. The molecule has 3 aromatic rings. The number of H-pyrrole nitrogens is 2. The number of carbonyl (C=O) groups is 1. The maximum absolute atomic E-state index is 12.3. The van der Waals surface area contributed by atoms with Gasteiger partial charge in [-0.25, -0.2) is 4.98 Å². The molecule has 0 saturated carbocycles. The summed E-state index contributed by atoms with van der Waals surface area (Å²) in [6, 6.07) is 12.3. The van der Waals surface area contributed by atoms with Gasteiger partial charge < -0.3 is 15.3 Å². The summed E-state index contributed by atoms with van der Waals surface area (Å²) in [6.45, 7) is 5.72. The van der Waals surface area contributed by atoms with Gasteiger partial charge in [0.25, 0.3) is 0 Å². The Labute approximate surface area is 162 Å². The number of aromatic nitrogens is 3. The van der Waals surface area contributed by atoms with E-state index in [0.717, 1.165) is 29.1 Å². The van der Waals surface area contributed by atoms with Crippen LogP contribution in [0, 0.1) is 32.1 Å². The predicted molar refractivity (Wildman–Crippen MR) is 107 cm³/mol. The second-order valence-electron chi connectivity index (χ2n) is 6.35. The molecule has 27 heavy (non-hydrogen) atoms. The number of anilines is 1. The minimum atomic E-state index is -0.184. The number of hydrogen-bond donors (Lipinski definition) is 3. The Morgan fingerprint density at radius 2 is 1.93 bits per heavy atom. The molecule has 0 bridgehead atoms. The van der Waals surface area contributed by atoms with E-state index in [2.05, 4.69) is 38.5 Å². The molecule has 1 aromatic carbocycles. The van der Waals surface area contributed by atoms with Crippen LogP contribution in [0.3, 0.4) is 0 Å². The van der Waals surface area contributed by atoms with Gasteiger partial charge >= 0.3 is 0 Å². The zero-order valence-corrected chi connectivity index (χ0v) is 16.3. The van der Waals surface area contributed by atoms with Crippen LogP contribution in [0.2, 0.25) is 0 Å². The summed E-state index contributed by atoms with van der Waals surface area (Å²) in [5, 5.41) is 12.7. The van der Waals surface area contributed by atoms with Crippen molar-refractivity contribution in [1.29, 1.82) is 5.26 Å². The number of aryl methyl sites for hydroxylation is 2. The first kappa shape index (κ1) is 18.8. The van der Waals surface area contributed by atoms with Crippen molar-refractivity contribution in [2.45, 2.75) is 32.3 Å². The number of aromatic amines is 2. The van der Waals surface area contributed by atoms with Crippen molar-refractivity contribution in [2.75, 3.05) is 11.1 Å². The van der Waals surface area contributed by atoms with Crippen LogP contribution in [-0.2, 0) is 11.2 Å². The third kappa shape index (κ3) is 4.41. The Bertz CT molecular complexity index is 998. The van der Waals surface area contributed by atoms with Crippen molar-refractivity contribution in [3.8, 4) is 6.07 Å². The standard InChI is InChI=1S/C20H21N5OS/c1-12-13(2)22-19(16(12)10-21)25-18(26)11-27-20-23-14(3)17(24-20)9-15-7-5-4-6-8-15/h4-8,22H,9,11H2,1-3H3,(H,23,24)(H,25,26). The molecule has 7 heteroatoms. The lowest BCUT2D eigenvalue weighted by atomic mass is 10.1.